The third-order valence-corrected chi connectivity index (χ3v) is 3.93. The van der Waals surface area contributed by atoms with E-state index in [0.717, 1.165) is 5.92 Å². The monoisotopic (exact) mass is 231 g/mol. The maximum absolute atomic E-state index is 3.77. The van der Waals surface area contributed by atoms with Crippen molar-refractivity contribution in [1.82, 2.24) is 5.32 Å². The standard InChI is InChI=1S/C16H25N/c1-2-3-13-17-16-12-8-7-11-15(16)14-9-5-4-6-10-14/h4-6,9-10,15-17H,2-3,7-8,11-13H2,1H3. The second-order valence-corrected chi connectivity index (χ2v) is 5.22. The Morgan fingerprint density at radius 3 is 2.65 bits per heavy atom. The van der Waals surface area contributed by atoms with Crippen LogP contribution in [-0.4, -0.2) is 12.6 Å². The quantitative estimate of drug-likeness (QED) is 0.752. The first kappa shape index (κ1) is 12.6. The fraction of sp³-hybridized carbons (Fsp3) is 0.625. The lowest BCUT2D eigenvalue weighted by molar-refractivity contribution is 0.326. The summed E-state index contributed by atoms with van der Waals surface area (Å²) in [5, 5.41) is 3.77. The van der Waals surface area contributed by atoms with E-state index in [0.29, 0.717) is 6.04 Å². The molecule has 1 N–H and O–H groups in total. The SMILES string of the molecule is CCCCNC1CCCCC1c1ccccc1. The lowest BCUT2D eigenvalue weighted by atomic mass is 9.80. The molecular formula is C16H25N. The van der Waals surface area contributed by atoms with E-state index in [-0.39, 0.29) is 0 Å². The molecule has 1 fully saturated rings. The molecular weight excluding hydrogens is 206 g/mol. The van der Waals surface area contributed by atoms with Crippen molar-refractivity contribution in [3.05, 3.63) is 35.9 Å². The van der Waals surface area contributed by atoms with E-state index < -0.39 is 0 Å². The number of hydrogen-bond acceptors (Lipinski definition) is 1. The summed E-state index contributed by atoms with van der Waals surface area (Å²) < 4.78 is 0. The van der Waals surface area contributed by atoms with Crippen LogP contribution in [0.4, 0.5) is 0 Å². The van der Waals surface area contributed by atoms with Gasteiger partial charge in [-0.3, -0.25) is 0 Å². The summed E-state index contributed by atoms with van der Waals surface area (Å²) in [5.74, 6) is 0.738. The average Bonchev–Trinajstić information content (AvgIpc) is 2.41. The van der Waals surface area contributed by atoms with Crippen molar-refractivity contribution in [3.8, 4) is 0 Å². The third kappa shape index (κ3) is 3.57. The smallest absolute Gasteiger partial charge is 0.0136 e. The molecule has 1 saturated carbocycles. The number of hydrogen-bond donors (Lipinski definition) is 1. The Bertz CT molecular complexity index is 307. The minimum atomic E-state index is 0.706. The summed E-state index contributed by atoms with van der Waals surface area (Å²) in [6, 6.07) is 11.8. The van der Waals surface area contributed by atoms with E-state index >= 15 is 0 Å². The number of nitrogens with one attached hydrogen (secondary N) is 1. The van der Waals surface area contributed by atoms with Gasteiger partial charge in [-0.15, -0.1) is 0 Å². The fourth-order valence-corrected chi connectivity index (χ4v) is 2.94. The van der Waals surface area contributed by atoms with Gasteiger partial charge in [-0.05, 0) is 37.3 Å². The van der Waals surface area contributed by atoms with Crippen LogP contribution in [0.25, 0.3) is 0 Å². The van der Waals surface area contributed by atoms with E-state index in [9.17, 15) is 0 Å². The number of unbranched alkanes of at least 4 members (excludes halogenated alkanes) is 1. The first-order chi connectivity index (χ1) is 8.42. The molecule has 2 rings (SSSR count). The maximum Gasteiger partial charge on any atom is 0.0136 e. The number of benzene rings is 1. The first-order valence-corrected chi connectivity index (χ1v) is 7.20. The number of rotatable bonds is 5. The molecule has 2 atom stereocenters. The molecule has 0 heterocycles. The fourth-order valence-electron chi connectivity index (χ4n) is 2.94. The predicted molar refractivity (Wildman–Crippen MR) is 74.3 cm³/mol. The van der Waals surface area contributed by atoms with Crippen LogP contribution in [0.2, 0.25) is 0 Å². The van der Waals surface area contributed by atoms with Gasteiger partial charge in [0, 0.05) is 6.04 Å². The molecule has 0 saturated heterocycles. The van der Waals surface area contributed by atoms with Crippen LogP contribution in [0, 0.1) is 0 Å². The average molecular weight is 231 g/mol. The van der Waals surface area contributed by atoms with E-state index in [2.05, 4.69) is 42.6 Å². The molecule has 1 nitrogen and oxygen atoms in total. The second-order valence-electron chi connectivity index (χ2n) is 5.22. The Morgan fingerprint density at radius 2 is 1.88 bits per heavy atom. The summed E-state index contributed by atoms with van der Waals surface area (Å²) >= 11 is 0. The van der Waals surface area contributed by atoms with Crippen molar-refractivity contribution in [2.24, 2.45) is 0 Å². The summed E-state index contributed by atoms with van der Waals surface area (Å²) in [5.41, 5.74) is 1.53. The van der Waals surface area contributed by atoms with Crippen molar-refractivity contribution in [3.63, 3.8) is 0 Å². The highest BCUT2D eigenvalue weighted by molar-refractivity contribution is 5.21. The molecule has 17 heavy (non-hydrogen) atoms. The van der Waals surface area contributed by atoms with Crippen LogP contribution < -0.4 is 5.32 Å². The zero-order valence-electron chi connectivity index (χ0n) is 11.0. The molecule has 1 aromatic rings. The second kappa shape index (κ2) is 6.80. The Balaban J connectivity index is 1.97. The molecule has 2 unspecified atom stereocenters. The van der Waals surface area contributed by atoms with Crippen molar-refractivity contribution < 1.29 is 0 Å². The zero-order chi connectivity index (χ0) is 11.9. The van der Waals surface area contributed by atoms with Crippen LogP contribution in [0.5, 0.6) is 0 Å². The molecule has 0 radical (unpaired) electrons. The van der Waals surface area contributed by atoms with E-state index in [1.54, 1.807) is 0 Å². The summed E-state index contributed by atoms with van der Waals surface area (Å²) in [6.45, 7) is 3.45. The van der Waals surface area contributed by atoms with Gasteiger partial charge in [0.2, 0.25) is 0 Å². The minimum Gasteiger partial charge on any atom is -0.313 e. The lowest BCUT2D eigenvalue weighted by Gasteiger charge is -2.32. The molecule has 0 amide bonds. The topological polar surface area (TPSA) is 12.0 Å². The van der Waals surface area contributed by atoms with Gasteiger partial charge >= 0.3 is 0 Å². The zero-order valence-corrected chi connectivity index (χ0v) is 11.0. The van der Waals surface area contributed by atoms with E-state index in [1.165, 1.54) is 50.6 Å². The van der Waals surface area contributed by atoms with Gasteiger partial charge in [0.1, 0.15) is 0 Å². The third-order valence-electron chi connectivity index (χ3n) is 3.93. The molecule has 0 aliphatic heterocycles. The molecule has 1 aliphatic carbocycles. The van der Waals surface area contributed by atoms with Gasteiger partial charge in [-0.1, -0.05) is 56.5 Å². The molecule has 0 bridgehead atoms. The van der Waals surface area contributed by atoms with Gasteiger partial charge < -0.3 is 5.32 Å². The highest BCUT2D eigenvalue weighted by atomic mass is 14.9. The highest BCUT2D eigenvalue weighted by Gasteiger charge is 2.25. The van der Waals surface area contributed by atoms with Gasteiger partial charge in [-0.2, -0.15) is 0 Å². The Morgan fingerprint density at radius 1 is 1.12 bits per heavy atom. The predicted octanol–water partition coefficient (Wildman–Crippen LogP) is 4.10. The van der Waals surface area contributed by atoms with Crippen molar-refractivity contribution in [1.29, 1.82) is 0 Å². The van der Waals surface area contributed by atoms with Gasteiger partial charge in [0.15, 0.2) is 0 Å². The Labute approximate surface area is 106 Å². The van der Waals surface area contributed by atoms with Crippen LogP contribution in [0.15, 0.2) is 30.3 Å². The normalized spacial score (nSPS) is 24.8. The van der Waals surface area contributed by atoms with E-state index in [1.807, 2.05) is 0 Å². The van der Waals surface area contributed by atoms with Gasteiger partial charge in [0.25, 0.3) is 0 Å². The van der Waals surface area contributed by atoms with Crippen LogP contribution in [0.1, 0.15) is 56.9 Å². The van der Waals surface area contributed by atoms with Crippen molar-refractivity contribution in [2.75, 3.05) is 6.54 Å². The Hall–Kier alpha value is -0.820. The van der Waals surface area contributed by atoms with Crippen LogP contribution >= 0.6 is 0 Å². The summed E-state index contributed by atoms with van der Waals surface area (Å²) in [7, 11) is 0. The molecule has 1 heteroatoms. The first-order valence-electron chi connectivity index (χ1n) is 7.20. The molecule has 94 valence electrons. The molecule has 0 spiro atoms. The van der Waals surface area contributed by atoms with Crippen LogP contribution in [-0.2, 0) is 0 Å². The van der Waals surface area contributed by atoms with Crippen LogP contribution in [0.3, 0.4) is 0 Å². The van der Waals surface area contributed by atoms with E-state index in [4.69, 9.17) is 0 Å². The molecule has 1 aliphatic rings. The van der Waals surface area contributed by atoms with Crippen molar-refractivity contribution >= 4 is 0 Å². The molecule has 1 aromatic carbocycles. The minimum absolute atomic E-state index is 0.706. The Kier molecular flexibility index (Phi) is 5.06. The maximum atomic E-state index is 3.77. The van der Waals surface area contributed by atoms with Gasteiger partial charge in [-0.25, -0.2) is 0 Å². The summed E-state index contributed by atoms with van der Waals surface area (Å²) in [6.07, 6.45) is 8.09. The summed E-state index contributed by atoms with van der Waals surface area (Å²) in [4.78, 5) is 0. The highest BCUT2D eigenvalue weighted by Crippen LogP contribution is 2.32. The van der Waals surface area contributed by atoms with Gasteiger partial charge in [0.05, 0.1) is 0 Å². The molecule has 0 aromatic heterocycles. The lowest BCUT2D eigenvalue weighted by Crippen LogP contribution is -2.37. The van der Waals surface area contributed by atoms with Crippen molar-refractivity contribution in [2.45, 2.75) is 57.4 Å². The largest absolute Gasteiger partial charge is 0.313 e.